The normalized spacial score (nSPS) is 13.9. The molecule has 0 amide bonds. The van der Waals surface area contributed by atoms with Gasteiger partial charge in [-0.2, -0.15) is 0 Å². The fourth-order valence-electron chi connectivity index (χ4n) is 2.82. The second-order valence-corrected chi connectivity index (χ2v) is 5.84. The first-order chi connectivity index (χ1) is 10.2. The third-order valence-corrected chi connectivity index (χ3v) is 4.11. The Morgan fingerprint density at radius 3 is 2.76 bits per heavy atom. The van der Waals surface area contributed by atoms with Crippen LogP contribution in [-0.4, -0.2) is 4.98 Å². The largest absolute Gasteiger partial charge is 0.438 e. The van der Waals surface area contributed by atoms with Crippen LogP contribution in [0.3, 0.4) is 0 Å². The lowest BCUT2D eigenvalue weighted by Crippen LogP contribution is -2.10. The summed E-state index contributed by atoms with van der Waals surface area (Å²) in [6.07, 6.45) is 4.61. The maximum Gasteiger partial charge on any atom is 0.223 e. The maximum absolute atomic E-state index is 6.09. The highest BCUT2D eigenvalue weighted by atomic mass is 16.5. The molecule has 0 fully saturated rings. The van der Waals surface area contributed by atoms with E-state index in [-0.39, 0.29) is 0 Å². The fourth-order valence-corrected chi connectivity index (χ4v) is 2.82. The Hall–Kier alpha value is -1.87. The van der Waals surface area contributed by atoms with Gasteiger partial charge in [0.25, 0.3) is 0 Å². The van der Waals surface area contributed by atoms with Crippen LogP contribution in [-0.2, 0) is 19.4 Å². The molecule has 1 aliphatic rings. The van der Waals surface area contributed by atoms with Crippen molar-refractivity contribution in [3.8, 4) is 11.6 Å². The van der Waals surface area contributed by atoms with E-state index in [0.29, 0.717) is 12.4 Å². The van der Waals surface area contributed by atoms with Crippen LogP contribution in [0.1, 0.15) is 40.8 Å². The van der Waals surface area contributed by atoms with Crippen molar-refractivity contribution in [3.63, 3.8) is 0 Å². The second kappa shape index (κ2) is 5.86. The predicted octanol–water partition coefficient (Wildman–Crippen LogP) is 3.83. The highest BCUT2D eigenvalue weighted by molar-refractivity contribution is 5.42. The zero-order valence-corrected chi connectivity index (χ0v) is 12.8. The molecule has 0 saturated heterocycles. The standard InChI is InChI=1S/C18H22N2O/c1-12-7-8-13(2)17(9-12)21-18-15(11-19)10-14-5-3-4-6-16(14)20-18/h7-10H,3-6,11,19H2,1-2H3. The Balaban J connectivity index is 1.99. The topological polar surface area (TPSA) is 48.1 Å². The van der Waals surface area contributed by atoms with Crippen molar-refractivity contribution in [2.75, 3.05) is 0 Å². The van der Waals surface area contributed by atoms with E-state index in [1.165, 1.54) is 29.7 Å². The van der Waals surface area contributed by atoms with Crippen molar-refractivity contribution in [1.29, 1.82) is 0 Å². The number of hydrogen-bond acceptors (Lipinski definition) is 3. The Morgan fingerprint density at radius 2 is 1.95 bits per heavy atom. The highest BCUT2D eigenvalue weighted by Crippen LogP contribution is 2.30. The number of pyridine rings is 1. The molecule has 0 aliphatic heterocycles. The van der Waals surface area contributed by atoms with Gasteiger partial charge in [0.05, 0.1) is 0 Å². The van der Waals surface area contributed by atoms with Crippen molar-refractivity contribution in [1.82, 2.24) is 4.98 Å². The van der Waals surface area contributed by atoms with Crippen LogP contribution < -0.4 is 10.5 Å². The monoisotopic (exact) mass is 282 g/mol. The number of fused-ring (bicyclic) bond motifs is 1. The number of rotatable bonds is 3. The second-order valence-electron chi connectivity index (χ2n) is 5.84. The number of nitrogens with zero attached hydrogens (tertiary/aromatic N) is 1. The summed E-state index contributed by atoms with van der Waals surface area (Å²) in [5.74, 6) is 1.54. The van der Waals surface area contributed by atoms with E-state index in [1.54, 1.807) is 0 Å². The number of aryl methyl sites for hydroxylation is 4. The molecule has 1 heterocycles. The molecule has 3 nitrogen and oxygen atoms in total. The molecule has 2 N–H and O–H groups in total. The summed E-state index contributed by atoms with van der Waals surface area (Å²) in [6, 6.07) is 8.40. The minimum Gasteiger partial charge on any atom is -0.438 e. The van der Waals surface area contributed by atoms with Gasteiger partial charge in [-0.15, -0.1) is 0 Å². The Morgan fingerprint density at radius 1 is 1.14 bits per heavy atom. The molecule has 0 radical (unpaired) electrons. The van der Waals surface area contributed by atoms with E-state index < -0.39 is 0 Å². The average Bonchev–Trinajstić information content (AvgIpc) is 2.50. The number of aromatic nitrogens is 1. The van der Waals surface area contributed by atoms with E-state index in [9.17, 15) is 0 Å². The summed E-state index contributed by atoms with van der Waals surface area (Å²) < 4.78 is 6.09. The Kier molecular flexibility index (Phi) is 3.93. The molecule has 21 heavy (non-hydrogen) atoms. The quantitative estimate of drug-likeness (QED) is 0.930. The number of ether oxygens (including phenoxy) is 1. The van der Waals surface area contributed by atoms with Crippen molar-refractivity contribution in [3.05, 3.63) is 52.2 Å². The van der Waals surface area contributed by atoms with Gasteiger partial charge in [0.2, 0.25) is 5.88 Å². The van der Waals surface area contributed by atoms with Crippen LogP contribution in [0.15, 0.2) is 24.3 Å². The van der Waals surface area contributed by atoms with Crippen molar-refractivity contribution >= 4 is 0 Å². The third kappa shape index (κ3) is 2.93. The van der Waals surface area contributed by atoms with Crippen LogP contribution in [0.2, 0.25) is 0 Å². The SMILES string of the molecule is Cc1ccc(C)c(Oc2nc3c(cc2CN)CCCC3)c1. The molecule has 0 spiro atoms. The number of benzene rings is 1. The van der Waals surface area contributed by atoms with Gasteiger partial charge in [-0.05, 0) is 68.4 Å². The molecule has 3 rings (SSSR count). The molecule has 1 aromatic carbocycles. The Bertz CT molecular complexity index is 665. The summed E-state index contributed by atoms with van der Waals surface area (Å²) in [7, 11) is 0. The van der Waals surface area contributed by atoms with Gasteiger partial charge >= 0.3 is 0 Å². The molecular formula is C18H22N2O. The van der Waals surface area contributed by atoms with E-state index in [2.05, 4.69) is 38.1 Å². The van der Waals surface area contributed by atoms with Gasteiger partial charge in [0, 0.05) is 17.8 Å². The maximum atomic E-state index is 6.09. The number of hydrogen-bond donors (Lipinski definition) is 1. The van der Waals surface area contributed by atoms with Gasteiger partial charge in [0.15, 0.2) is 0 Å². The van der Waals surface area contributed by atoms with Crippen LogP contribution in [0, 0.1) is 13.8 Å². The lowest BCUT2D eigenvalue weighted by molar-refractivity contribution is 0.447. The molecule has 1 aromatic heterocycles. The van der Waals surface area contributed by atoms with Gasteiger partial charge in [0.1, 0.15) is 5.75 Å². The lowest BCUT2D eigenvalue weighted by Gasteiger charge is -2.19. The lowest BCUT2D eigenvalue weighted by atomic mass is 9.95. The van der Waals surface area contributed by atoms with Crippen LogP contribution >= 0.6 is 0 Å². The predicted molar refractivity (Wildman–Crippen MR) is 84.8 cm³/mol. The van der Waals surface area contributed by atoms with E-state index in [0.717, 1.165) is 29.7 Å². The Labute approximate surface area is 126 Å². The van der Waals surface area contributed by atoms with Gasteiger partial charge in [-0.3, -0.25) is 0 Å². The summed E-state index contributed by atoms with van der Waals surface area (Å²) in [4.78, 5) is 4.75. The van der Waals surface area contributed by atoms with E-state index in [4.69, 9.17) is 15.5 Å². The minimum atomic E-state index is 0.459. The first-order valence-electron chi connectivity index (χ1n) is 7.64. The van der Waals surface area contributed by atoms with Crippen molar-refractivity contribution in [2.24, 2.45) is 5.73 Å². The van der Waals surface area contributed by atoms with Crippen molar-refractivity contribution in [2.45, 2.75) is 46.1 Å². The average molecular weight is 282 g/mol. The summed E-state index contributed by atoms with van der Waals surface area (Å²) >= 11 is 0. The molecule has 110 valence electrons. The third-order valence-electron chi connectivity index (χ3n) is 4.11. The smallest absolute Gasteiger partial charge is 0.223 e. The van der Waals surface area contributed by atoms with Crippen LogP contribution in [0.4, 0.5) is 0 Å². The molecule has 0 saturated carbocycles. The van der Waals surface area contributed by atoms with Crippen molar-refractivity contribution < 1.29 is 4.74 Å². The first-order valence-corrected chi connectivity index (χ1v) is 7.64. The van der Waals surface area contributed by atoms with Gasteiger partial charge in [-0.25, -0.2) is 4.98 Å². The van der Waals surface area contributed by atoms with Gasteiger partial charge in [-0.1, -0.05) is 12.1 Å². The highest BCUT2D eigenvalue weighted by Gasteiger charge is 2.16. The summed E-state index contributed by atoms with van der Waals surface area (Å²) in [5, 5.41) is 0. The van der Waals surface area contributed by atoms with E-state index >= 15 is 0 Å². The molecule has 2 aromatic rings. The van der Waals surface area contributed by atoms with Gasteiger partial charge < -0.3 is 10.5 Å². The van der Waals surface area contributed by atoms with Crippen LogP contribution in [0.25, 0.3) is 0 Å². The molecule has 3 heteroatoms. The first kappa shape index (κ1) is 14.1. The minimum absolute atomic E-state index is 0.459. The fraction of sp³-hybridized carbons (Fsp3) is 0.389. The van der Waals surface area contributed by atoms with Crippen LogP contribution in [0.5, 0.6) is 11.6 Å². The molecule has 0 unspecified atom stereocenters. The molecule has 0 bridgehead atoms. The molecule has 0 atom stereocenters. The molecule has 1 aliphatic carbocycles. The zero-order chi connectivity index (χ0) is 14.8. The van der Waals surface area contributed by atoms with E-state index in [1.807, 2.05) is 0 Å². The number of nitrogens with two attached hydrogens (primary N) is 1. The zero-order valence-electron chi connectivity index (χ0n) is 12.8. The molecular weight excluding hydrogens is 260 g/mol. The summed E-state index contributed by atoms with van der Waals surface area (Å²) in [6.45, 7) is 4.58. The summed E-state index contributed by atoms with van der Waals surface area (Å²) in [5.41, 5.74) is 11.7.